The van der Waals surface area contributed by atoms with Crippen LogP contribution in [0.4, 0.5) is 0 Å². The van der Waals surface area contributed by atoms with E-state index in [0.29, 0.717) is 0 Å². The number of carbonyl (C=O) groups is 2. The van der Waals surface area contributed by atoms with E-state index >= 15 is 0 Å². The lowest BCUT2D eigenvalue weighted by molar-refractivity contribution is -0.146. The Morgan fingerprint density at radius 2 is 1.56 bits per heavy atom. The lowest BCUT2D eigenvalue weighted by Crippen LogP contribution is -2.49. The number of fused-ring (bicyclic) bond motifs is 3. The molecule has 0 aromatic heterocycles. The Kier molecular flexibility index (Phi) is 4.59. The third kappa shape index (κ3) is 3.42. The molecule has 2 aromatic carbocycles. The number of nitrogens with one attached hydrogen (secondary N) is 1. The second-order valence-corrected chi connectivity index (χ2v) is 6.69. The molecular weight excluding hydrogens is 318 g/mol. The van der Waals surface area contributed by atoms with Crippen molar-refractivity contribution in [1.82, 2.24) is 5.32 Å². The molecule has 0 radical (unpaired) electrons. The van der Waals surface area contributed by atoms with E-state index in [9.17, 15) is 9.59 Å². The molecule has 0 saturated carbocycles. The first-order chi connectivity index (χ1) is 11.9. The van der Waals surface area contributed by atoms with Gasteiger partial charge in [0, 0.05) is 5.92 Å². The van der Waals surface area contributed by atoms with Gasteiger partial charge in [0.05, 0.1) is 6.54 Å². The minimum atomic E-state index is -1.18. The van der Waals surface area contributed by atoms with Gasteiger partial charge < -0.3 is 9.84 Å². The Morgan fingerprint density at radius 1 is 1.04 bits per heavy atom. The van der Waals surface area contributed by atoms with E-state index in [1.54, 1.807) is 0 Å². The normalized spacial score (nSPS) is 13.2. The summed E-state index contributed by atoms with van der Waals surface area (Å²) in [5, 5.41) is 11.8. The summed E-state index contributed by atoms with van der Waals surface area (Å²) in [4.78, 5) is 23.1. The molecule has 0 unspecified atom stereocenters. The van der Waals surface area contributed by atoms with E-state index in [4.69, 9.17) is 9.84 Å². The summed E-state index contributed by atoms with van der Waals surface area (Å²) in [6, 6.07) is 16.2. The van der Waals surface area contributed by atoms with Crippen molar-refractivity contribution >= 4 is 11.9 Å². The largest absolute Gasteiger partial charge is 0.480 e. The van der Waals surface area contributed by atoms with Gasteiger partial charge in [-0.25, -0.2) is 0 Å². The predicted molar refractivity (Wildman–Crippen MR) is 94.4 cm³/mol. The third-order valence-electron chi connectivity index (χ3n) is 4.58. The fraction of sp³-hybridized carbons (Fsp3) is 0.300. The maximum absolute atomic E-state index is 12.0. The maximum Gasteiger partial charge on any atom is 0.323 e. The molecule has 130 valence electrons. The van der Waals surface area contributed by atoms with Gasteiger partial charge in [0.1, 0.15) is 12.1 Å². The highest BCUT2D eigenvalue weighted by molar-refractivity contribution is 5.80. The van der Waals surface area contributed by atoms with Crippen molar-refractivity contribution in [1.29, 1.82) is 0 Å². The Bertz CT molecular complexity index is 767. The van der Waals surface area contributed by atoms with Gasteiger partial charge in [0.15, 0.2) is 0 Å². The Labute approximate surface area is 146 Å². The molecule has 0 atom stereocenters. The first kappa shape index (κ1) is 17.2. The molecular formula is C20H21NO4. The van der Waals surface area contributed by atoms with Crippen LogP contribution >= 0.6 is 0 Å². The number of aliphatic carboxylic acids is 1. The molecule has 0 saturated heterocycles. The molecule has 0 aliphatic heterocycles. The van der Waals surface area contributed by atoms with E-state index in [0.717, 1.165) is 11.1 Å². The van der Waals surface area contributed by atoms with Crippen molar-refractivity contribution in [2.45, 2.75) is 25.3 Å². The van der Waals surface area contributed by atoms with Crippen LogP contribution in [-0.4, -0.2) is 35.7 Å². The molecule has 0 fully saturated rings. The molecule has 5 heteroatoms. The van der Waals surface area contributed by atoms with Crippen molar-refractivity contribution in [3.05, 3.63) is 59.7 Å². The van der Waals surface area contributed by atoms with Crippen molar-refractivity contribution in [3.8, 4) is 11.1 Å². The average molecular weight is 339 g/mol. The summed E-state index contributed by atoms with van der Waals surface area (Å²) in [7, 11) is 0. The molecule has 0 amide bonds. The highest BCUT2D eigenvalue weighted by atomic mass is 16.5. The van der Waals surface area contributed by atoms with Crippen LogP contribution in [0.25, 0.3) is 11.1 Å². The summed E-state index contributed by atoms with van der Waals surface area (Å²) in [6.45, 7) is 3.11. The van der Waals surface area contributed by atoms with Crippen LogP contribution in [0.2, 0.25) is 0 Å². The van der Waals surface area contributed by atoms with Gasteiger partial charge in [-0.2, -0.15) is 0 Å². The third-order valence-corrected chi connectivity index (χ3v) is 4.58. The smallest absolute Gasteiger partial charge is 0.323 e. The molecule has 2 N–H and O–H groups in total. The first-order valence-electron chi connectivity index (χ1n) is 8.22. The SMILES string of the molecule is CC(C)(NCC(=O)OCC1c2ccccc2-c2ccccc21)C(=O)O. The molecule has 25 heavy (non-hydrogen) atoms. The molecule has 1 aliphatic rings. The van der Waals surface area contributed by atoms with E-state index < -0.39 is 17.5 Å². The summed E-state index contributed by atoms with van der Waals surface area (Å²) in [5.74, 6) is -1.47. The molecule has 0 spiro atoms. The molecule has 0 bridgehead atoms. The van der Waals surface area contributed by atoms with Gasteiger partial charge >= 0.3 is 11.9 Å². The van der Waals surface area contributed by atoms with Gasteiger partial charge in [0.25, 0.3) is 0 Å². The van der Waals surface area contributed by atoms with Gasteiger partial charge in [-0.3, -0.25) is 14.9 Å². The molecule has 3 rings (SSSR count). The zero-order valence-corrected chi connectivity index (χ0v) is 14.3. The van der Waals surface area contributed by atoms with Gasteiger partial charge in [-0.15, -0.1) is 0 Å². The topological polar surface area (TPSA) is 75.6 Å². The fourth-order valence-corrected chi connectivity index (χ4v) is 3.04. The molecule has 0 heterocycles. The number of benzene rings is 2. The highest BCUT2D eigenvalue weighted by Gasteiger charge is 2.30. The fourth-order valence-electron chi connectivity index (χ4n) is 3.04. The first-order valence-corrected chi connectivity index (χ1v) is 8.22. The average Bonchev–Trinajstić information content (AvgIpc) is 2.92. The number of ether oxygens (including phenoxy) is 1. The van der Waals surface area contributed by atoms with Crippen molar-refractivity contribution in [2.24, 2.45) is 0 Å². The van der Waals surface area contributed by atoms with Gasteiger partial charge in [-0.1, -0.05) is 48.5 Å². The van der Waals surface area contributed by atoms with Crippen LogP contribution in [-0.2, 0) is 14.3 Å². The zero-order valence-electron chi connectivity index (χ0n) is 14.3. The Balaban J connectivity index is 1.68. The van der Waals surface area contributed by atoms with Crippen LogP contribution in [0, 0.1) is 0 Å². The standard InChI is InChI=1S/C20H21NO4/c1-20(2,19(23)24)21-11-18(22)25-12-17-15-9-5-3-7-13(15)14-8-4-6-10-16(14)17/h3-10,17,21H,11-12H2,1-2H3,(H,23,24). The second-order valence-electron chi connectivity index (χ2n) is 6.69. The minimum Gasteiger partial charge on any atom is -0.480 e. The van der Waals surface area contributed by atoms with Crippen LogP contribution < -0.4 is 5.32 Å². The van der Waals surface area contributed by atoms with E-state index in [-0.39, 0.29) is 19.1 Å². The summed E-state index contributed by atoms with van der Waals surface area (Å²) in [5.41, 5.74) is 3.46. The van der Waals surface area contributed by atoms with E-state index in [1.165, 1.54) is 25.0 Å². The summed E-state index contributed by atoms with van der Waals surface area (Å²) in [6.07, 6.45) is 0. The quantitative estimate of drug-likeness (QED) is 0.792. The number of rotatable bonds is 6. The van der Waals surface area contributed by atoms with Crippen molar-refractivity contribution < 1.29 is 19.4 Å². The highest BCUT2D eigenvalue weighted by Crippen LogP contribution is 2.44. The lowest BCUT2D eigenvalue weighted by Gasteiger charge is -2.21. The zero-order chi connectivity index (χ0) is 18.0. The van der Waals surface area contributed by atoms with Crippen molar-refractivity contribution in [2.75, 3.05) is 13.2 Å². The number of hydrogen-bond donors (Lipinski definition) is 2. The number of carboxylic acid groups (broad SMARTS) is 1. The lowest BCUT2D eigenvalue weighted by atomic mass is 9.98. The second kappa shape index (κ2) is 6.69. The molecule has 5 nitrogen and oxygen atoms in total. The summed E-state index contributed by atoms with van der Waals surface area (Å²) >= 11 is 0. The Morgan fingerprint density at radius 3 is 2.08 bits per heavy atom. The van der Waals surface area contributed by atoms with Gasteiger partial charge in [0.2, 0.25) is 0 Å². The number of esters is 1. The van der Waals surface area contributed by atoms with E-state index in [1.807, 2.05) is 24.3 Å². The van der Waals surface area contributed by atoms with Crippen LogP contribution in [0.3, 0.4) is 0 Å². The van der Waals surface area contributed by atoms with E-state index in [2.05, 4.69) is 29.6 Å². The number of carboxylic acids is 1. The predicted octanol–water partition coefficient (Wildman–Crippen LogP) is 2.79. The van der Waals surface area contributed by atoms with Crippen LogP contribution in [0.15, 0.2) is 48.5 Å². The maximum atomic E-state index is 12.0. The van der Waals surface area contributed by atoms with Crippen molar-refractivity contribution in [3.63, 3.8) is 0 Å². The van der Waals surface area contributed by atoms with Gasteiger partial charge in [-0.05, 0) is 36.1 Å². The minimum absolute atomic E-state index is 0.00355. The number of hydrogen-bond acceptors (Lipinski definition) is 4. The molecule has 2 aromatic rings. The Hall–Kier alpha value is -2.66. The molecule has 1 aliphatic carbocycles. The summed E-state index contributed by atoms with van der Waals surface area (Å²) < 4.78 is 5.42. The monoisotopic (exact) mass is 339 g/mol. The van der Waals surface area contributed by atoms with Crippen LogP contribution in [0.5, 0.6) is 0 Å². The number of carbonyl (C=O) groups excluding carboxylic acids is 1. The van der Waals surface area contributed by atoms with Crippen LogP contribution in [0.1, 0.15) is 30.9 Å².